The van der Waals surface area contributed by atoms with Gasteiger partial charge in [0.25, 0.3) is 0 Å². The van der Waals surface area contributed by atoms with Gasteiger partial charge in [0.15, 0.2) is 23.1 Å². The van der Waals surface area contributed by atoms with E-state index < -0.39 is 63.1 Å². The number of esters is 1. The molecule has 0 saturated carbocycles. The van der Waals surface area contributed by atoms with E-state index in [0.717, 1.165) is 31.4 Å². The van der Waals surface area contributed by atoms with E-state index in [0.29, 0.717) is 4.90 Å². The van der Waals surface area contributed by atoms with Gasteiger partial charge in [0.2, 0.25) is 0 Å². The summed E-state index contributed by atoms with van der Waals surface area (Å²) in [4.78, 5) is 38.2. The Morgan fingerprint density at radius 1 is 0.917 bits per heavy atom. The zero-order chi connectivity index (χ0) is 27.6. The minimum absolute atomic E-state index is 0.243. The van der Waals surface area contributed by atoms with Crippen molar-refractivity contribution >= 4 is 41.1 Å². The van der Waals surface area contributed by atoms with Gasteiger partial charge in [-0.05, 0) is 65.8 Å². The summed E-state index contributed by atoms with van der Waals surface area (Å²) >= 11 is 6.34. The zero-order valence-electron chi connectivity index (χ0n) is 20.8. The van der Waals surface area contributed by atoms with Gasteiger partial charge in [-0.15, -0.1) is 0 Å². The average Bonchev–Trinajstić information content (AvgIpc) is 2.71. The fourth-order valence-electron chi connectivity index (χ4n) is 2.74. The Kier molecular flexibility index (Phi) is 8.41. The number of halogens is 3. The molecule has 0 unspecified atom stereocenters. The fraction of sp³-hybridized carbons (Fsp3) is 0.375. The first-order chi connectivity index (χ1) is 16.5. The van der Waals surface area contributed by atoms with E-state index >= 15 is 0 Å². The highest BCUT2D eigenvalue weighted by atomic mass is 35.5. The highest BCUT2D eigenvalue weighted by molar-refractivity contribution is 6.36. The smallest absolute Gasteiger partial charge is 0.424 e. The SMILES string of the molecule is COC(=O)c1c(N)ccc(Oc2c(F)ccc(N(C(=O)OC(C)(C)C)C(=O)OC(C)(C)C)c2Cl)c1F. The number of ether oxygens (including phenoxy) is 4. The van der Waals surface area contributed by atoms with Crippen LogP contribution in [0, 0.1) is 11.6 Å². The molecule has 2 aromatic rings. The molecule has 2 aromatic carbocycles. The van der Waals surface area contributed by atoms with Crippen LogP contribution in [-0.2, 0) is 14.2 Å². The first kappa shape index (κ1) is 28.6. The van der Waals surface area contributed by atoms with Crippen molar-refractivity contribution in [3.8, 4) is 11.5 Å². The second kappa shape index (κ2) is 10.6. The third kappa shape index (κ3) is 6.75. The summed E-state index contributed by atoms with van der Waals surface area (Å²) in [5, 5.41) is -0.581. The van der Waals surface area contributed by atoms with Gasteiger partial charge in [-0.25, -0.2) is 23.2 Å². The first-order valence-electron chi connectivity index (χ1n) is 10.5. The summed E-state index contributed by atoms with van der Waals surface area (Å²) in [6, 6.07) is 4.05. The number of imide groups is 1. The third-order valence-electron chi connectivity index (χ3n) is 4.16. The largest absolute Gasteiger partial charge is 0.465 e. The predicted octanol–water partition coefficient (Wildman–Crippen LogP) is 6.46. The van der Waals surface area contributed by atoms with Crippen LogP contribution in [0.2, 0.25) is 5.02 Å². The van der Waals surface area contributed by atoms with E-state index in [4.69, 9.17) is 31.5 Å². The van der Waals surface area contributed by atoms with E-state index in [1.807, 2.05) is 0 Å². The Bertz CT molecular complexity index is 1160. The van der Waals surface area contributed by atoms with Gasteiger partial charge in [-0.3, -0.25) is 0 Å². The molecule has 196 valence electrons. The summed E-state index contributed by atoms with van der Waals surface area (Å²) in [6.45, 7) is 9.43. The molecule has 0 bridgehead atoms. The standard InChI is InChI=1S/C24H27ClF2N2O7/c1-23(2,3)35-21(31)29(22(32)36-24(4,5)6)14-10-8-12(26)19(17(14)25)34-15-11-9-13(28)16(18(15)27)20(30)33-7/h8-11H,28H2,1-7H3. The number of benzene rings is 2. The molecule has 0 aromatic heterocycles. The molecular weight excluding hydrogens is 502 g/mol. The molecule has 0 aliphatic rings. The lowest BCUT2D eigenvalue weighted by Crippen LogP contribution is -2.44. The Labute approximate surface area is 212 Å². The van der Waals surface area contributed by atoms with Crippen molar-refractivity contribution in [3.63, 3.8) is 0 Å². The molecule has 36 heavy (non-hydrogen) atoms. The summed E-state index contributed by atoms with van der Waals surface area (Å²) in [5.74, 6) is -4.75. The number of hydrogen-bond acceptors (Lipinski definition) is 8. The first-order valence-corrected chi connectivity index (χ1v) is 10.9. The molecule has 2 rings (SSSR count). The molecule has 0 atom stereocenters. The Morgan fingerprint density at radius 3 is 1.92 bits per heavy atom. The number of rotatable bonds is 4. The van der Waals surface area contributed by atoms with Crippen LogP contribution in [0.5, 0.6) is 11.5 Å². The summed E-state index contributed by atoms with van der Waals surface area (Å²) in [6.07, 6.45) is -2.33. The normalized spacial score (nSPS) is 11.5. The van der Waals surface area contributed by atoms with Crippen molar-refractivity contribution in [1.29, 1.82) is 0 Å². The Morgan fingerprint density at radius 2 is 1.44 bits per heavy atom. The van der Waals surface area contributed by atoms with E-state index in [1.165, 1.54) is 0 Å². The van der Waals surface area contributed by atoms with Gasteiger partial charge in [0.05, 0.1) is 12.8 Å². The highest BCUT2D eigenvalue weighted by Crippen LogP contribution is 2.41. The van der Waals surface area contributed by atoms with Crippen LogP contribution in [0.4, 0.5) is 29.7 Å². The van der Waals surface area contributed by atoms with Crippen molar-refractivity contribution in [2.45, 2.75) is 52.7 Å². The molecule has 0 spiro atoms. The average molecular weight is 529 g/mol. The Balaban J connectivity index is 2.63. The summed E-state index contributed by atoms with van der Waals surface area (Å²) in [7, 11) is 1.02. The molecule has 0 saturated heterocycles. The molecule has 12 heteroatoms. The van der Waals surface area contributed by atoms with Crippen molar-refractivity contribution in [2.75, 3.05) is 17.7 Å². The van der Waals surface area contributed by atoms with Crippen LogP contribution < -0.4 is 15.4 Å². The van der Waals surface area contributed by atoms with Crippen molar-refractivity contribution < 1.29 is 42.1 Å². The highest BCUT2D eigenvalue weighted by Gasteiger charge is 2.35. The predicted molar refractivity (Wildman–Crippen MR) is 129 cm³/mol. The fourth-order valence-corrected chi connectivity index (χ4v) is 3.02. The monoisotopic (exact) mass is 528 g/mol. The van der Waals surface area contributed by atoms with Crippen LogP contribution in [0.25, 0.3) is 0 Å². The molecule has 0 radical (unpaired) electrons. The molecule has 0 aliphatic heterocycles. The second-order valence-electron chi connectivity index (χ2n) is 9.44. The molecule has 0 fully saturated rings. The quantitative estimate of drug-likeness (QED) is 0.273. The minimum atomic E-state index is -1.24. The van der Waals surface area contributed by atoms with Gasteiger partial charge < -0.3 is 24.7 Å². The van der Waals surface area contributed by atoms with Gasteiger partial charge in [-0.1, -0.05) is 11.6 Å². The molecule has 9 nitrogen and oxygen atoms in total. The third-order valence-corrected chi connectivity index (χ3v) is 4.53. The van der Waals surface area contributed by atoms with Crippen molar-refractivity contribution in [3.05, 3.63) is 46.5 Å². The lowest BCUT2D eigenvalue weighted by Gasteiger charge is -2.29. The maximum atomic E-state index is 15.0. The molecule has 0 heterocycles. The topological polar surface area (TPSA) is 117 Å². The van der Waals surface area contributed by atoms with Gasteiger partial charge in [0, 0.05) is 5.69 Å². The minimum Gasteiger partial charge on any atom is -0.465 e. The number of carbonyl (C=O) groups excluding carboxylic acids is 3. The molecular formula is C24H27ClF2N2O7. The van der Waals surface area contributed by atoms with Crippen LogP contribution in [-0.4, -0.2) is 36.5 Å². The maximum Gasteiger partial charge on any atom is 0.424 e. The van der Waals surface area contributed by atoms with E-state index in [2.05, 4.69) is 4.74 Å². The van der Waals surface area contributed by atoms with E-state index in [9.17, 15) is 23.2 Å². The van der Waals surface area contributed by atoms with Crippen LogP contribution in [0.1, 0.15) is 51.9 Å². The van der Waals surface area contributed by atoms with Gasteiger partial charge >= 0.3 is 18.2 Å². The number of carbonyl (C=O) groups is 3. The number of hydrogen-bond donors (Lipinski definition) is 1. The summed E-state index contributed by atoms with van der Waals surface area (Å²) < 4.78 is 50.2. The van der Waals surface area contributed by atoms with E-state index in [1.54, 1.807) is 41.5 Å². The van der Waals surface area contributed by atoms with Gasteiger partial charge in [0.1, 0.15) is 21.8 Å². The number of amides is 2. The maximum absolute atomic E-state index is 15.0. The van der Waals surface area contributed by atoms with Crippen LogP contribution in [0.3, 0.4) is 0 Å². The Hall–Kier alpha value is -3.60. The van der Waals surface area contributed by atoms with Crippen LogP contribution in [0.15, 0.2) is 24.3 Å². The number of nitrogens with zero attached hydrogens (tertiary/aromatic N) is 1. The van der Waals surface area contributed by atoms with Gasteiger partial charge in [-0.2, -0.15) is 4.90 Å². The van der Waals surface area contributed by atoms with E-state index in [-0.39, 0.29) is 11.4 Å². The van der Waals surface area contributed by atoms with Crippen molar-refractivity contribution in [1.82, 2.24) is 0 Å². The van der Waals surface area contributed by atoms with Crippen molar-refractivity contribution in [2.24, 2.45) is 0 Å². The molecule has 2 N–H and O–H groups in total. The molecule has 0 aliphatic carbocycles. The number of nitrogens with two attached hydrogens (primary N) is 1. The lowest BCUT2D eigenvalue weighted by atomic mass is 10.1. The number of nitrogen functional groups attached to an aromatic ring is 1. The summed E-state index contributed by atoms with van der Waals surface area (Å²) in [5.41, 5.74) is 2.38. The zero-order valence-corrected chi connectivity index (χ0v) is 21.6. The molecule has 2 amide bonds. The second-order valence-corrected chi connectivity index (χ2v) is 9.82. The lowest BCUT2D eigenvalue weighted by molar-refractivity contribution is 0.0429. The number of methoxy groups -OCH3 is 1. The van der Waals surface area contributed by atoms with Crippen LogP contribution >= 0.6 is 11.6 Å². The number of anilines is 2.